The van der Waals surface area contributed by atoms with Gasteiger partial charge in [-0.15, -0.1) is 0 Å². The van der Waals surface area contributed by atoms with Gasteiger partial charge in [-0.05, 0) is 54.8 Å². The number of benzene rings is 2. The van der Waals surface area contributed by atoms with E-state index in [1.165, 1.54) is 19.2 Å². The summed E-state index contributed by atoms with van der Waals surface area (Å²) in [4.78, 5) is 11.0. The van der Waals surface area contributed by atoms with Gasteiger partial charge in [0.1, 0.15) is 17.7 Å². The van der Waals surface area contributed by atoms with Gasteiger partial charge in [0, 0.05) is 18.2 Å². The van der Waals surface area contributed by atoms with Crippen LogP contribution in [0.25, 0.3) is 0 Å². The number of ether oxygens (including phenoxy) is 1. The molecular weight excluding hydrogens is 489 g/mol. The fraction of sp³-hybridized carbons (Fsp3) is 0.333. The number of aliphatic hydroxyl groups is 1. The molecule has 1 aliphatic rings. The van der Waals surface area contributed by atoms with E-state index in [2.05, 4.69) is 17.0 Å². The quantitative estimate of drug-likeness (QED) is 0.178. The van der Waals surface area contributed by atoms with Crippen molar-refractivity contribution in [1.82, 2.24) is 10.3 Å². The molecule has 3 N–H and O–H groups in total. The van der Waals surface area contributed by atoms with Crippen LogP contribution in [0.2, 0.25) is 0 Å². The Bertz CT molecular complexity index is 1110. The standard InChI is InChI=1S/C24H24F5N3O4/c1-14(21(33)30-23(11-12-23)16-5-3-15(4-6-16)22(34)35)19(20(25)26)31-32(2)13-36-18-9-7-17(8-10-18)24(27,28)29/h3-10,20-21,30,33H,1,11-13H2,2H3,(H,34,35)/b31-19+. The topological polar surface area (TPSA) is 94.4 Å². The maximum atomic E-state index is 13.7. The van der Waals surface area contributed by atoms with E-state index in [0.29, 0.717) is 18.4 Å². The van der Waals surface area contributed by atoms with Crippen molar-refractivity contribution in [2.24, 2.45) is 5.10 Å². The zero-order valence-electron chi connectivity index (χ0n) is 19.1. The largest absolute Gasteiger partial charge is 0.478 e. The van der Waals surface area contributed by atoms with E-state index in [1.54, 1.807) is 12.1 Å². The summed E-state index contributed by atoms with van der Waals surface area (Å²) in [5.41, 5.74) is -1.97. The summed E-state index contributed by atoms with van der Waals surface area (Å²) in [5.74, 6) is -1.01. The number of carboxylic acid groups (broad SMARTS) is 1. The second kappa shape index (κ2) is 10.6. The molecule has 7 nitrogen and oxygen atoms in total. The van der Waals surface area contributed by atoms with Crippen molar-refractivity contribution >= 4 is 11.7 Å². The number of hydrogen-bond acceptors (Lipinski definition) is 6. The lowest BCUT2D eigenvalue weighted by atomic mass is 10.0. The highest BCUT2D eigenvalue weighted by molar-refractivity contribution is 6.02. The van der Waals surface area contributed by atoms with Crippen molar-refractivity contribution in [2.75, 3.05) is 13.8 Å². The Kier molecular flexibility index (Phi) is 7.99. The fourth-order valence-corrected chi connectivity index (χ4v) is 3.43. The molecule has 36 heavy (non-hydrogen) atoms. The Morgan fingerprint density at radius 3 is 2.22 bits per heavy atom. The number of carboxylic acids is 1. The average molecular weight is 513 g/mol. The molecule has 0 spiro atoms. The first kappa shape index (κ1) is 27.1. The molecule has 1 saturated carbocycles. The van der Waals surface area contributed by atoms with Crippen LogP contribution in [0.3, 0.4) is 0 Å². The van der Waals surface area contributed by atoms with E-state index < -0.39 is 41.6 Å². The van der Waals surface area contributed by atoms with Crippen molar-refractivity contribution < 1.29 is 41.7 Å². The van der Waals surface area contributed by atoms with Gasteiger partial charge in [-0.1, -0.05) is 18.7 Å². The SMILES string of the molecule is C=C(/C(=N\N(C)COc1ccc(C(F)(F)F)cc1)C(F)F)C(O)NC1(c2ccc(C(=O)O)cc2)CC1. The number of alkyl halides is 5. The van der Waals surface area contributed by atoms with Crippen LogP contribution in [0.1, 0.15) is 34.3 Å². The summed E-state index contributed by atoms with van der Waals surface area (Å²) in [6, 6.07) is 9.86. The molecule has 0 aliphatic heterocycles. The molecule has 2 aromatic rings. The Morgan fingerprint density at radius 1 is 1.17 bits per heavy atom. The van der Waals surface area contributed by atoms with Crippen molar-refractivity contribution in [2.45, 2.75) is 37.2 Å². The van der Waals surface area contributed by atoms with E-state index in [4.69, 9.17) is 9.84 Å². The zero-order chi connectivity index (χ0) is 26.7. The van der Waals surface area contributed by atoms with Gasteiger partial charge in [0.25, 0.3) is 6.43 Å². The smallest absolute Gasteiger partial charge is 0.416 e. The normalized spacial score (nSPS) is 15.9. The van der Waals surface area contributed by atoms with Gasteiger partial charge in [0.15, 0.2) is 6.73 Å². The van der Waals surface area contributed by atoms with E-state index in [9.17, 15) is 31.9 Å². The second-order valence-electron chi connectivity index (χ2n) is 8.28. The van der Waals surface area contributed by atoms with Crippen molar-refractivity contribution in [3.63, 3.8) is 0 Å². The summed E-state index contributed by atoms with van der Waals surface area (Å²) in [7, 11) is 1.31. The number of rotatable bonds is 11. The summed E-state index contributed by atoms with van der Waals surface area (Å²) in [6.45, 7) is 3.19. The molecule has 1 aliphatic carbocycles. The molecule has 0 aromatic heterocycles. The van der Waals surface area contributed by atoms with Crippen LogP contribution in [0.15, 0.2) is 65.8 Å². The Labute approximate surface area is 203 Å². The lowest BCUT2D eigenvalue weighted by molar-refractivity contribution is -0.137. The first-order chi connectivity index (χ1) is 16.8. The van der Waals surface area contributed by atoms with Crippen LogP contribution in [0, 0.1) is 0 Å². The molecule has 0 heterocycles. The first-order valence-corrected chi connectivity index (χ1v) is 10.7. The number of halogens is 5. The molecule has 194 valence electrons. The molecule has 0 saturated heterocycles. The number of nitrogens with zero attached hydrogens (tertiary/aromatic N) is 2. The van der Waals surface area contributed by atoms with Gasteiger partial charge in [-0.25, -0.2) is 13.6 Å². The maximum Gasteiger partial charge on any atom is 0.416 e. The zero-order valence-corrected chi connectivity index (χ0v) is 19.1. The third-order valence-electron chi connectivity index (χ3n) is 5.59. The number of hydrogen-bond donors (Lipinski definition) is 3. The summed E-state index contributed by atoms with van der Waals surface area (Å²) in [6.07, 6.45) is -7.99. The molecule has 3 rings (SSSR count). The number of carbonyl (C=O) groups is 1. The van der Waals surface area contributed by atoms with Crippen molar-refractivity contribution in [1.29, 1.82) is 0 Å². The third-order valence-corrected chi connectivity index (χ3v) is 5.59. The van der Waals surface area contributed by atoms with Gasteiger partial charge in [0.2, 0.25) is 0 Å². The van der Waals surface area contributed by atoms with Crippen LogP contribution in [0.4, 0.5) is 22.0 Å². The van der Waals surface area contributed by atoms with E-state index in [1.807, 2.05) is 0 Å². The molecule has 1 atom stereocenters. The van der Waals surface area contributed by atoms with Crippen LogP contribution in [-0.2, 0) is 11.7 Å². The highest BCUT2D eigenvalue weighted by Gasteiger charge is 2.46. The monoisotopic (exact) mass is 513 g/mol. The fourth-order valence-electron chi connectivity index (χ4n) is 3.43. The predicted octanol–water partition coefficient (Wildman–Crippen LogP) is 4.45. The lowest BCUT2D eigenvalue weighted by Gasteiger charge is -2.25. The van der Waals surface area contributed by atoms with Gasteiger partial charge in [0.05, 0.1) is 11.1 Å². The van der Waals surface area contributed by atoms with Gasteiger partial charge in [-0.3, -0.25) is 10.3 Å². The van der Waals surface area contributed by atoms with Gasteiger partial charge in [-0.2, -0.15) is 18.3 Å². The number of aromatic carboxylic acids is 1. The molecule has 0 radical (unpaired) electrons. The highest BCUT2D eigenvalue weighted by Crippen LogP contribution is 2.46. The minimum atomic E-state index is -4.50. The molecule has 12 heteroatoms. The highest BCUT2D eigenvalue weighted by atomic mass is 19.4. The van der Waals surface area contributed by atoms with E-state index in [0.717, 1.165) is 29.3 Å². The second-order valence-corrected chi connectivity index (χ2v) is 8.28. The first-order valence-electron chi connectivity index (χ1n) is 10.7. The van der Waals surface area contributed by atoms with Crippen LogP contribution < -0.4 is 10.1 Å². The number of aliphatic hydroxyl groups excluding tert-OH is 1. The van der Waals surface area contributed by atoms with E-state index >= 15 is 0 Å². The Morgan fingerprint density at radius 2 is 1.75 bits per heavy atom. The van der Waals surface area contributed by atoms with E-state index in [-0.39, 0.29) is 23.6 Å². The predicted molar refractivity (Wildman–Crippen MR) is 121 cm³/mol. The third kappa shape index (κ3) is 6.58. The summed E-state index contributed by atoms with van der Waals surface area (Å²) in [5, 5.41) is 27.2. The minimum Gasteiger partial charge on any atom is -0.478 e. The maximum absolute atomic E-state index is 13.7. The average Bonchev–Trinajstić information content (AvgIpc) is 3.60. The lowest BCUT2D eigenvalue weighted by Crippen LogP contribution is -2.42. The van der Waals surface area contributed by atoms with Gasteiger partial charge < -0.3 is 14.9 Å². The summed E-state index contributed by atoms with van der Waals surface area (Å²) >= 11 is 0. The molecule has 2 aromatic carbocycles. The molecule has 1 unspecified atom stereocenters. The van der Waals surface area contributed by atoms with Crippen LogP contribution >= 0.6 is 0 Å². The number of hydrazone groups is 1. The molecule has 1 fully saturated rings. The summed E-state index contributed by atoms with van der Waals surface area (Å²) < 4.78 is 70.7. The molecular formula is C24H24F5N3O4. The number of nitrogens with one attached hydrogen (secondary N) is 1. The molecule has 0 bridgehead atoms. The Hall–Kier alpha value is -3.51. The van der Waals surface area contributed by atoms with Crippen LogP contribution in [-0.4, -0.2) is 53.3 Å². The molecule has 0 amide bonds. The van der Waals surface area contributed by atoms with Crippen molar-refractivity contribution in [3.8, 4) is 5.75 Å². The van der Waals surface area contributed by atoms with Crippen molar-refractivity contribution in [3.05, 3.63) is 77.4 Å². The van der Waals surface area contributed by atoms with Crippen LogP contribution in [0.5, 0.6) is 5.75 Å². The van der Waals surface area contributed by atoms with Gasteiger partial charge >= 0.3 is 12.1 Å². The Balaban J connectivity index is 1.64. The minimum absolute atomic E-state index is 0.0776.